The highest BCUT2D eigenvalue weighted by molar-refractivity contribution is 5.81. The van der Waals surface area contributed by atoms with E-state index in [2.05, 4.69) is 27.1 Å². The number of hydrogen-bond acceptors (Lipinski definition) is 6. The molecule has 0 spiro atoms. The minimum Gasteiger partial charge on any atom is -0.459 e. The molecule has 0 saturated heterocycles. The van der Waals surface area contributed by atoms with Crippen LogP contribution in [-0.4, -0.2) is 33.7 Å². The minimum absolute atomic E-state index is 0.0573. The zero-order valence-electron chi connectivity index (χ0n) is 16.1. The van der Waals surface area contributed by atoms with Gasteiger partial charge in [0.15, 0.2) is 0 Å². The van der Waals surface area contributed by atoms with Crippen molar-refractivity contribution >= 4 is 12.1 Å². The number of carbonyl (C=O) groups excluding carboxylic acids is 2. The van der Waals surface area contributed by atoms with Gasteiger partial charge in [-0.2, -0.15) is 0 Å². The second kappa shape index (κ2) is 10.1. The van der Waals surface area contributed by atoms with Crippen molar-refractivity contribution in [2.75, 3.05) is 0 Å². The summed E-state index contributed by atoms with van der Waals surface area (Å²) in [5.41, 5.74) is 0.769. The van der Waals surface area contributed by atoms with Crippen LogP contribution in [0, 0.1) is 11.8 Å². The van der Waals surface area contributed by atoms with Crippen LogP contribution in [0.25, 0.3) is 0 Å². The van der Waals surface area contributed by atoms with Gasteiger partial charge in [0.25, 0.3) is 0 Å². The SMILES string of the molecule is CC(C)(C)OC(=O)NC(CC#Cc1cncnc1)C(=O)OCc1ccccc1. The second-order valence-corrected chi connectivity index (χ2v) is 6.93. The lowest BCUT2D eigenvalue weighted by Crippen LogP contribution is -2.44. The van der Waals surface area contributed by atoms with Gasteiger partial charge < -0.3 is 14.8 Å². The first-order valence-electron chi connectivity index (χ1n) is 8.77. The smallest absolute Gasteiger partial charge is 0.408 e. The molecule has 1 aromatic carbocycles. The van der Waals surface area contributed by atoms with Gasteiger partial charge in [0.2, 0.25) is 0 Å². The molecule has 0 radical (unpaired) electrons. The van der Waals surface area contributed by atoms with Gasteiger partial charge in [0, 0.05) is 18.8 Å². The monoisotopic (exact) mass is 381 g/mol. The fourth-order valence-electron chi connectivity index (χ4n) is 2.09. The van der Waals surface area contributed by atoms with Crippen LogP contribution in [0.4, 0.5) is 4.79 Å². The molecular weight excluding hydrogens is 358 g/mol. The summed E-state index contributed by atoms with van der Waals surface area (Å²) in [4.78, 5) is 32.3. The largest absolute Gasteiger partial charge is 0.459 e. The molecule has 146 valence electrons. The third kappa shape index (κ3) is 7.87. The molecule has 1 unspecified atom stereocenters. The Bertz CT molecular complexity index is 837. The number of esters is 1. The number of nitrogens with zero attached hydrogens (tertiary/aromatic N) is 2. The van der Waals surface area contributed by atoms with Crippen LogP contribution in [0.1, 0.15) is 38.3 Å². The minimum atomic E-state index is -0.962. The summed E-state index contributed by atoms with van der Waals surface area (Å²) >= 11 is 0. The van der Waals surface area contributed by atoms with Crippen molar-refractivity contribution in [3.63, 3.8) is 0 Å². The van der Waals surface area contributed by atoms with Gasteiger partial charge in [-0.15, -0.1) is 0 Å². The van der Waals surface area contributed by atoms with E-state index in [1.807, 2.05) is 30.3 Å². The molecular formula is C21H23N3O4. The Labute approximate surface area is 164 Å². The van der Waals surface area contributed by atoms with Gasteiger partial charge in [-0.05, 0) is 26.3 Å². The van der Waals surface area contributed by atoms with E-state index in [4.69, 9.17) is 9.47 Å². The average molecular weight is 381 g/mol. The quantitative estimate of drug-likeness (QED) is 0.633. The summed E-state index contributed by atoms with van der Waals surface area (Å²) < 4.78 is 10.5. The number of ether oxygens (including phenoxy) is 2. The third-order valence-corrected chi connectivity index (χ3v) is 3.30. The van der Waals surface area contributed by atoms with Gasteiger partial charge in [-0.1, -0.05) is 42.2 Å². The fourth-order valence-corrected chi connectivity index (χ4v) is 2.09. The zero-order chi connectivity index (χ0) is 20.4. The van der Waals surface area contributed by atoms with Gasteiger partial charge in [0.05, 0.1) is 5.56 Å². The molecule has 1 atom stereocenters. The van der Waals surface area contributed by atoms with Crippen molar-refractivity contribution in [3.05, 3.63) is 60.2 Å². The van der Waals surface area contributed by atoms with Crippen LogP contribution in [0.2, 0.25) is 0 Å². The normalized spacial score (nSPS) is 11.5. The lowest BCUT2D eigenvalue weighted by molar-refractivity contribution is -0.147. The number of aromatic nitrogens is 2. The number of nitrogens with one attached hydrogen (secondary N) is 1. The molecule has 1 N–H and O–H groups in total. The number of rotatable bonds is 5. The zero-order valence-corrected chi connectivity index (χ0v) is 16.1. The number of benzene rings is 1. The molecule has 2 aromatic rings. The molecule has 0 saturated carbocycles. The van der Waals surface area contributed by atoms with E-state index in [-0.39, 0.29) is 13.0 Å². The van der Waals surface area contributed by atoms with Crippen LogP contribution in [-0.2, 0) is 20.9 Å². The lowest BCUT2D eigenvalue weighted by Gasteiger charge is -2.22. The molecule has 7 heteroatoms. The Balaban J connectivity index is 2.02. The Hall–Kier alpha value is -3.40. The number of amides is 1. The Morgan fingerprint density at radius 3 is 2.46 bits per heavy atom. The average Bonchev–Trinajstić information content (AvgIpc) is 2.65. The Morgan fingerprint density at radius 1 is 1.14 bits per heavy atom. The maximum absolute atomic E-state index is 12.5. The van der Waals surface area contributed by atoms with Gasteiger partial charge in [0.1, 0.15) is 24.6 Å². The van der Waals surface area contributed by atoms with E-state index >= 15 is 0 Å². The van der Waals surface area contributed by atoms with Crippen LogP contribution in [0.5, 0.6) is 0 Å². The van der Waals surface area contributed by atoms with Crippen molar-refractivity contribution in [1.82, 2.24) is 15.3 Å². The first kappa shape index (κ1) is 20.9. The van der Waals surface area contributed by atoms with E-state index in [1.54, 1.807) is 33.2 Å². The van der Waals surface area contributed by atoms with Crippen molar-refractivity contribution < 1.29 is 19.1 Å². The predicted molar refractivity (Wildman–Crippen MR) is 103 cm³/mol. The summed E-state index contributed by atoms with van der Waals surface area (Å²) in [7, 11) is 0. The molecule has 7 nitrogen and oxygen atoms in total. The summed E-state index contributed by atoms with van der Waals surface area (Å²) in [5.74, 6) is 5.11. The summed E-state index contributed by atoms with van der Waals surface area (Å²) in [5, 5.41) is 2.53. The van der Waals surface area contributed by atoms with E-state index < -0.39 is 23.7 Å². The molecule has 0 fully saturated rings. The summed E-state index contributed by atoms with van der Waals surface area (Å²) in [6.07, 6.45) is 3.87. The van der Waals surface area contributed by atoms with Crippen molar-refractivity contribution in [1.29, 1.82) is 0 Å². The van der Waals surface area contributed by atoms with E-state index in [0.717, 1.165) is 5.56 Å². The van der Waals surface area contributed by atoms with Gasteiger partial charge in [-0.3, -0.25) is 0 Å². The van der Waals surface area contributed by atoms with E-state index in [1.165, 1.54) is 6.33 Å². The van der Waals surface area contributed by atoms with Gasteiger partial charge in [-0.25, -0.2) is 19.6 Å². The molecule has 1 aromatic heterocycles. The number of alkyl carbamates (subject to hydrolysis) is 1. The highest BCUT2D eigenvalue weighted by Gasteiger charge is 2.25. The Kier molecular flexibility index (Phi) is 7.52. The van der Waals surface area contributed by atoms with Crippen LogP contribution >= 0.6 is 0 Å². The molecule has 28 heavy (non-hydrogen) atoms. The third-order valence-electron chi connectivity index (χ3n) is 3.30. The molecule has 2 rings (SSSR count). The molecule has 0 aliphatic rings. The highest BCUT2D eigenvalue weighted by Crippen LogP contribution is 2.08. The van der Waals surface area contributed by atoms with Crippen molar-refractivity contribution in [3.8, 4) is 11.8 Å². The highest BCUT2D eigenvalue weighted by atomic mass is 16.6. The Morgan fingerprint density at radius 2 is 1.82 bits per heavy atom. The summed E-state index contributed by atoms with van der Waals surface area (Å²) in [6.45, 7) is 5.33. The first-order valence-corrected chi connectivity index (χ1v) is 8.77. The van der Waals surface area contributed by atoms with Crippen LogP contribution < -0.4 is 5.32 Å². The topological polar surface area (TPSA) is 90.4 Å². The lowest BCUT2D eigenvalue weighted by atomic mass is 10.2. The van der Waals surface area contributed by atoms with E-state index in [0.29, 0.717) is 5.56 Å². The standard InChI is InChI=1S/C21H23N3O4/c1-21(2,3)28-20(26)24-18(11-7-10-17-12-22-15-23-13-17)19(25)27-14-16-8-5-4-6-9-16/h4-6,8-9,12-13,15,18H,11,14H2,1-3H3,(H,24,26). The van der Waals surface area contributed by atoms with Crippen LogP contribution in [0.3, 0.4) is 0 Å². The second-order valence-electron chi connectivity index (χ2n) is 6.93. The molecule has 1 amide bonds. The maximum atomic E-state index is 12.5. The first-order chi connectivity index (χ1) is 13.3. The molecule has 0 aliphatic heterocycles. The van der Waals surface area contributed by atoms with Crippen molar-refractivity contribution in [2.24, 2.45) is 0 Å². The predicted octanol–water partition coefficient (Wildman–Crippen LogP) is 2.85. The molecule has 0 bridgehead atoms. The van der Waals surface area contributed by atoms with Crippen molar-refractivity contribution in [2.45, 2.75) is 45.4 Å². The number of hydrogen-bond donors (Lipinski definition) is 1. The molecule has 0 aliphatic carbocycles. The van der Waals surface area contributed by atoms with Crippen LogP contribution in [0.15, 0.2) is 49.1 Å². The fraction of sp³-hybridized carbons (Fsp3) is 0.333. The van der Waals surface area contributed by atoms with Gasteiger partial charge >= 0.3 is 12.1 Å². The maximum Gasteiger partial charge on any atom is 0.408 e. The number of carbonyl (C=O) groups is 2. The summed E-state index contributed by atoms with van der Waals surface area (Å²) in [6, 6.07) is 8.31. The molecule has 1 heterocycles. The van der Waals surface area contributed by atoms with E-state index in [9.17, 15) is 9.59 Å².